The monoisotopic (exact) mass is 373 g/mol. The second-order valence-electron chi connectivity index (χ2n) is 8.10. The summed E-state index contributed by atoms with van der Waals surface area (Å²) in [7, 11) is 0. The Labute approximate surface area is 161 Å². The van der Waals surface area contributed by atoms with Gasteiger partial charge in [0.05, 0.1) is 18.6 Å². The molecule has 0 aliphatic carbocycles. The van der Waals surface area contributed by atoms with Crippen LogP contribution in [0.3, 0.4) is 0 Å². The number of carbonyl (C=O) groups is 1. The number of aryl methyl sites for hydroxylation is 1. The highest BCUT2D eigenvalue weighted by molar-refractivity contribution is 5.99. The third-order valence-electron chi connectivity index (χ3n) is 4.23. The topological polar surface area (TPSA) is 57.5 Å². The number of fused-ring (bicyclic) bond motifs is 1. The predicted octanol–water partition coefficient (Wildman–Crippen LogP) is 4.71. The molecule has 1 heterocycles. The Hall–Kier alpha value is -2.30. The van der Waals surface area contributed by atoms with E-state index in [2.05, 4.69) is 6.92 Å². The summed E-state index contributed by atoms with van der Waals surface area (Å²) >= 11 is 0. The number of pyridine rings is 1. The van der Waals surface area contributed by atoms with Crippen LogP contribution in [0.15, 0.2) is 23.0 Å². The third-order valence-corrected chi connectivity index (χ3v) is 4.23. The van der Waals surface area contributed by atoms with E-state index < -0.39 is 5.97 Å². The first-order chi connectivity index (χ1) is 12.7. The molecule has 0 aliphatic rings. The second-order valence-corrected chi connectivity index (χ2v) is 8.10. The van der Waals surface area contributed by atoms with Crippen molar-refractivity contribution in [2.24, 2.45) is 5.41 Å². The van der Waals surface area contributed by atoms with Gasteiger partial charge in [-0.15, -0.1) is 0 Å². The number of benzene rings is 1. The predicted molar refractivity (Wildman–Crippen MR) is 109 cm³/mol. The van der Waals surface area contributed by atoms with E-state index in [4.69, 9.17) is 9.47 Å². The van der Waals surface area contributed by atoms with Crippen molar-refractivity contribution in [2.45, 2.75) is 60.9 Å². The molecule has 27 heavy (non-hydrogen) atoms. The molecule has 0 aliphatic heterocycles. The van der Waals surface area contributed by atoms with Crippen LogP contribution in [0.5, 0.6) is 5.75 Å². The van der Waals surface area contributed by atoms with Gasteiger partial charge >= 0.3 is 5.97 Å². The van der Waals surface area contributed by atoms with Gasteiger partial charge < -0.3 is 9.47 Å². The van der Waals surface area contributed by atoms with Crippen LogP contribution in [0.1, 0.15) is 63.5 Å². The summed E-state index contributed by atoms with van der Waals surface area (Å²) in [6.07, 6.45) is 1.85. The summed E-state index contributed by atoms with van der Waals surface area (Å²) in [4.78, 5) is 26.1. The van der Waals surface area contributed by atoms with Gasteiger partial charge in [-0.3, -0.25) is 9.36 Å². The smallest absolute Gasteiger partial charge is 0.358 e. The largest absolute Gasteiger partial charge is 0.490 e. The highest BCUT2D eigenvalue weighted by Crippen LogP contribution is 2.31. The van der Waals surface area contributed by atoms with E-state index in [0.717, 1.165) is 18.4 Å². The Morgan fingerprint density at radius 3 is 2.44 bits per heavy atom. The summed E-state index contributed by atoms with van der Waals surface area (Å²) < 4.78 is 12.9. The molecule has 5 nitrogen and oxygen atoms in total. The van der Waals surface area contributed by atoms with Gasteiger partial charge in [-0.1, -0.05) is 51.8 Å². The minimum Gasteiger partial charge on any atom is -0.490 e. The molecule has 1 aromatic heterocycles. The van der Waals surface area contributed by atoms with Crippen LogP contribution in [-0.4, -0.2) is 23.8 Å². The van der Waals surface area contributed by atoms with E-state index in [-0.39, 0.29) is 23.3 Å². The number of aromatic nitrogens is 1. The van der Waals surface area contributed by atoms with Crippen molar-refractivity contribution in [3.05, 3.63) is 39.8 Å². The summed E-state index contributed by atoms with van der Waals surface area (Å²) in [6, 6.07) is 5.65. The molecule has 0 saturated carbocycles. The molecule has 0 N–H and O–H groups in total. The first-order valence-electron chi connectivity index (χ1n) is 9.66. The van der Waals surface area contributed by atoms with Gasteiger partial charge in [0.25, 0.3) is 5.56 Å². The average Bonchev–Trinajstić information content (AvgIpc) is 2.58. The number of nitrogens with zero attached hydrogens (tertiary/aromatic N) is 1. The molecule has 2 rings (SSSR count). The quantitative estimate of drug-likeness (QED) is 0.521. The van der Waals surface area contributed by atoms with Gasteiger partial charge in [-0.05, 0) is 31.7 Å². The van der Waals surface area contributed by atoms with Crippen LogP contribution in [-0.2, 0) is 11.3 Å². The number of hydrogen-bond donors (Lipinski definition) is 0. The van der Waals surface area contributed by atoms with Gasteiger partial charge in [0.1, 0.15) is 0 Å². The number of esters is 1. The molecular formula is C22H31NO4. The molecule has 5 heteroatoms. The molecule has 0 saturated heterocycles. The summed E-state index contributed by atoms with van der Waals surface area (Å²) in [6.45, 7) is 13.0. The van der Waals surface area contributed by atoms with Crippen LogP contribution in [0, 0.1) is 12.3 Å². The third kappa shape index (κ3) is 4.90. The minimum atomic E-state index is -0.521. The van der Waals surface area contributed by atoms with E-state index in [9.17, 15) is 9.59 Å². The maximum absolute atomic E-state index is 13.3. The molecule has 0 fully saturated rings. The molecule has 0 radical (unpaired) electrons. The van der Waals surface area contributed by atoms with Crippen LogP contribution >= 0.6 is 0 Å². The Bertz CT molecular complexity index is 874. The highest BCUT2D eigenvalue weighted by Gasteiger charge is 2.27. The number of hydrogen-bond acceptors (Lipinski definition) is 4. The zero-order chi connectivity index (χ0) is 20.2. The Morgan fingerprint density at radius 2 is 1.85 bits per heavy atom. The van der Waals surface area contributed by atoms with Crippen LogP contribution in [0.25, 0.3) is 10.8 Å². The summed E-state index contributed by atoms with van der Waals surface area (Å²) in [5.74, 6) is -0.0754. The molecule has 0 atom stereocenters. The molecule has 1 aromatic carbocycles. The zero-order valence-corrected chi connectivity index (χ0v) is 17.3. The van der Waals surface area contributed by atoms with Crippen molar-refractivity contribution in [3.63, 3.8) is 0 Å². The lowest BCUT2D eigenvalue weighted by Gasteiger charge is -2.24. The van der Waals surface area contributed by atoms with Crippen molar-refractivity contribution < 1.29 is 14.3 Å². The van der Waals surface area contributed by atoms with Crippen molar-refractivity contribution in [2.75, 3.05) is 13.2 Å². The van der Waals surface area contributed by atoms with E-state index in [1.54, 1.807) is 6.92 Å². The van der Waals surface area contributed by atoms with Gasteiger partial charge in [-0.25, -0.2) is 4.79 Å². The van der Waals surface area contributed by atoms with Crippen LogP contribution in [0.2, 0.25) is 0 Å². The lowest BCUT2D eigenvalue weighted by molar-refractivity contribution is 0.0504. The van der Waals surface area contributed by atoms with Crippen molar-refractivity contribution in [1.82, 2.24) is 4.57 Å². The fourth-order valence-electron chi connectivity index (χ4n) is 3.02. The maximum Gasteiger partial charge on any atom is 0.358 e. The van der Waals surface area contributed by atoms with Gasteiger partial charge in [0.15, 0.2) is 11.4 Å². The Kier molecular flexibility index (Phi) is 6.68. The van der Waals surface area contributed by atoms with E-state index in [0.29, 0.717) is 29.7 Å². The molecule has 2 aromatic rings. The standard InChI is InChI=1S/C22H31NO4/c1-7-9-12-27-19-16-11-10-15(3)13-17(16)20(24)23(14-22(4,5)6)18(19)21(25)26-8-2/h10-11,13H,7-9,12,14H2,1-6H3. The molecule has 0 unspecified atom stereocenters. The lowest BCUT2D eigenvalue weighted by Crippen LogP contribution is -2.32. The molecule has 148 valence electrons. The number of carbonyl (C=O) groups excluding carboxylic acids is 1. The fourth-order valence-corrected chi connectivity index (χ4v) is 3.02. The summed E-state index contributed by atoms with van der Waals surface area (Å²) in [5, 5.41) is 1.23. The highest BCUT2D eigenvalue weighted by atomic mass is 16.5. The van der Waals surface area contributed by atoms with Crippen molar-refractivity contribution in [3.8, 4) is 5.75 Å². The van der Waals surface area contributed by atoms with E-state index in [1.165, 1.54) is 4.57 Å². The molecule has 0 spiro atoms. The zero-order valence-electron chi connectivity index (χ0n) is 17.3. The Balaban J connectivity index is 2.84. The van der Waals surface area contributed by atoms with E-state index in [1.807, 2.05) is 45.9 Å². The second kappa shape index (κ2) is 8.59. The minimum absolute atomic E-state index is 0.186. The lowest BCUT2D eigenvalue weighted by atomic mass is 9.96. The van der Waals surface area contributed by atoms with Crippen LogP contribution in [0.4, 0.5) is 0 Å². The fraction of sp³-hybridized carbons (Fsp3) is 0.545. The van der Waals surface area contributed by atoms with Crippen molar-refractivity contribution >= 4 is 16.7 Å². The number of unbranched alkanes of at least 4 members (excludes halogenated alkanes) is 1. The van der Waals surface area contributed by atoms with Crippen LogP contribution < -0.4 is 10.3 Å². The van der Waals surface area contributed by atoms with Gasteiger partial charge in [-0.2, -0.15) is 0 Å². The molecular weight excluding hydrogens is 342 g/mol. The molecule has 0 amide bonds. The first-order valence-corrected chi connectivity index (χ1v) is 9.66. The van der Waals surface area contributed by atoms with E-state index >= 15 is 0 Å². The van der Waals surface area contributed by atoms with Gasteiger partial charge in [0.2, 0.25) is 0 Å². The normalized spacial score (nSPS) is 11.6. The summed E-state index contributed by atoms with van der Waals surface area (Å²) in [5.41, 5.74) is 0.826. The number of ether oxygens (including phenoxy) is 2. The SMILES string of the molecule is CCCCOc1c(C(=O)OCC)n(CC(C)(C)C)c(=O)c2cc(C)ccc12. The maximum atomic E-state index is 13.3. The first kappa shape index (κ1) is 21.0. The molecule has 0 bridgehead atoms. The van der Waals surface area contributed by atoms with Gasteiger partial charge in [0, 0.05) is 11.9 Å². The Morgan fingerprint density at radius 1 is 1.15 bits per heavy atom. The average molecular weight is 373 g/mol. The van der Waals surface area contributed by atoms with Crippen molar-refractivity contribution in [1.29, 1.82) is 0 Å². The number of rotatable bonds is 7.